The van der Waals surface area contributed by atoms with Gasteiger partial charge in [-0.3, -0.25) is 0 Å². The Balaban J connectivity index is 1.61. The summed E-state index contributed by atoms with van der Waals surface area (Å²) in [6, 6.07) is 10.7. The third kappa shape index (κ3) is 5.53. The maximum atomic E-state index is 6.23. The van der Waals surface area contributed by atoms with E-state index >= 15 is 0 Å². The first kappa shape index (κ1) is 23.2. The Labute approximate surface area is 197 Å². The van der Waals surface area contributed by atoms with Crippen LogP contribution in [0.25, 0.3) is 17.0 Å². The molecule has 0 N–H and O–H groups in total. The number of aryl methyl sites for hydroxylation is 1. The molecule has 0 spiro atoms. The molecule has 0 atom stereocenters. The van der Waals surface area contributed by atoms with Crippen LogP contribution in [0.4, 0.5) is 0 Å². The molecule has 1 saturated heterocycles. The monoisotopic (exact) mass is 445 g/mol. The number of methoxy groups -OCH3 is 1. The predicted octanol–water partition coefficient (Wildman–Crippen LogP) is 5.55. The van der Waals surface area contributed by atoms with E-state index in [1.807, 2.05) is 12.1 Å². The second-order valence-corrected chi connectivity index (χ2v) is 8.96. The first-order valence-corrected chi connectivity index (χ1v) is 12.0. The van der Waals surface area contributed by atoms with Gasteiger partial charge < -0.3 is 14.4 Å². The molecule has 0 aliphatic carbocycles. The topological polar surface area (TPSA) is 47.5 Å². The predicted molar refractivity (Wildman–Crippen MR) is 135 cm³/mol. The molecular weight excluding hydrogens is 410 g/mol. The van der Waals surface area contributed by atoms with Crippen LogP contribution in [0.2, 0.25) is 0 Å². The molecule has 174 valence electrons. The fourth-order valence-electron chi connectivity index (χ4n) is 4.51. The lowest BCUT2D eigenvalue weighted by molar-refractivity contribution is 0.157. The molecule has 33 heavy (non-hydrogen) atoms. The summed E-state index contributed by atoms with van der Waals surface area (Å²) in [6.07, 6.45) is 10.0. The number of aromatic nitrogens is 2. The van der Waals surface area contributed by atoms with Crippen molar-refractivity contribution < 1.29 is 9.47 Å². The van der Waals surface area contributed by atoms with Crippen LogP contribution in [-0.4, -0.2) is 48.7 Å². The molecule has 0 radical (unpaired) electrons. The summed E-state index contributed by atoms with van der Waals surface area (Å²) >= 11 is 0. The van der Waals surface area contributed by atoms with Crippen LogP contribution >= 0.6 is 0 Å². The lowest BCUT2D eigenvalue weighted by Crippen LogP contribution is -2.32. The SMILES string of the molecule is CC=Cc1cc(CC)ccc1Cc1ncnc2cc(OCC3CCN(C)CC3)c(OC)cc12. The van der Waals surface area contributed by atoms with Gasteiger partial charge in [0.1, 0.15) is 6.33 Å². The fraction of sp³-hybridized carbons (Fsp3) is 0.429. The van der Waals surface area contributed by atoms with E-state index in [4.69, 9.17) is 9.47 Å². The van der Waals surface area contributed by atoms with E-state index in [-0.39, 0.29) is 0 Å². The first-order chi connectivity index (χ1) is 16.1. The maximum absolute atomic E-state index is 6.23. The van der Waals surface area contributed by atoms with Crippen molar-refractivity contribution in [2.24, 2.45) is 5.92 Å². The molecular formula is C28H35N3O2. The Kier molecular flexibility index (Phi) is 7.61. The van der Waals surface area contributed by atoms with Gasteiger partial charge in [-0.15, -0.1) is 0 Å². The molecule has 1 aliphatic heterocycles. The number of rotatable bonds is 8. The van der Waals surface area contributed by atoms with Crippen LogP contribution in [0.3, 0.4) is 0 Å². The summed E-state index contributed by atoms with van der Waals surface area (Å²) in [6.45, 7) is 7.22. The van der Waals surface area contributed by atoms with Gasteiger partial charge in [0.2, 0.25) is 0 Å². The zero-order chi connectivity index (χ0) is 23.2. The van der Waals surface area contributed by atoms with Gasteiger partial charge >= 0.3 is 0 Å². The average Bonchev–Trinajstić information content (AvgIpc) is 2.84. The number of fused-ring (bicyclic) bond motifs is 1. The zero-order valence-corrected chi connectivity index (χ0v) is 20.3. The smallest absolute Gasteiger partial charge is 0.163 e. The van der Waals surface area contributed by atoms with Crippen LogP contribution in [0.1, 0.15) is 49.1 Å². The Morgan fingerprint density at radius 2 is 1.91 bits per heavy atom. The Hall–Kier alpha value is -2.92. The minimum absolute atomic E-state index is 0.582. The quantitative estimate of drug-likeness (QED) is 0.455. The standard InChI is InChI=1S/C28H35N3O2/c1-5-7-22-14-20(6-2)8-9-23(22)15-25-24-16-27(32-4)28(17-26(24)30-19-29-25)33-18-21-10-12-31(3)13-11-21/h5,7-9,14,16-17,19,21H,6,10-13,15,18H2,1-4H3. The Morgan fingerprint density at radius 1 is 1.09 bits per heavy atom. The molecule has 1 fully saturated rings. The van der Waals surface area contributed by atoms with Crippen molar-refractivity contribution in [2.75, 3.05) is 33.9 Å². The molecule has 0 saturated carbocycles. The van der Waals surface area contributed by atoms with Crippen molar-refractivity contribution in [3.05, 3.63) is 65.1 Å². The average molecular weight is 446 g/mol. The lowest BCUT2D eigenvalue weighted by Gasteiger charge is -2.28. The number of benzene rings is 2. The van der Waals surface area contributed by atoms with Gasteiger partial charge in [0.05, 0.1) is 24.9 Å². The summed E-state index contributed by atoms with van der Waals surface area (Å²) < 4.78 is 11.9. The molecule has 3 aromatic rings. The minimum Gasteiger partial charge on any atom is -0.493 e. The first-order valence-electron chi connectivity index (χ1n) is 12.0. The highest BCUT2D eigenvalue weighted by molar-refractivity contribution is 5.85. The number of piperidine rings is 1. The van der Waals surface area contributed by atoms with Crippen LogP contribution in [0.5, 0.6) is 11.5 Å². The van der Waals surface area contributed by atoms with E-state index < -0.39 is 0 Å². The lowest BCUT2D eigenvalue weighted by atomic mass is 9.97. The van der Waals surface area contributed by atoms with Gasteiger partial charge in [-0.25, -0.2) is 9.97 Å². The molecule has 0 amide bonds. The Bertz CT molecular complexity index is 1120. The van der Waals surface area contributed by atoms with Crippen molar-refractivity contribution in [1.82, 2.24) is 14.9 Å². The molecule has 4 rings (SSSR count). The molecule has 1 aromatic heterocycles. The van der Waals surface area contributed by atoms with Crippen LogP contribution in [0, 0.1) is 5.92 Å². The highest BCUT2D eigenvalue weighted by atomic mass is 16.5. The second kappa shape index (κ2) is 10.8. The highest BCUT2D eigenvalue weighted by Crippen LogP contribution is 2.34. The molecule has 5 heteroatoms. The molecule has 5 nitrogen and oxygen atoms in total. The van der Waals surface area contributed by atoms with Gasteiger partial charge in [0.15, 0.2) is 11.5 Å². The van der Waals surface area contributed by atoms with Gasteiger partial charge in [-0.05, 0) is 75.0 Å². The van der Waals surface area contributed by atoms with Crippen molar-refractivity contribution in [1.29, 1.82) is 0 Å². The number of nitrogens with zero attached hydrogens (tertiary/aromatic N) is 3. The number of ether oxygens (including phenoxy) is 2. The summed E-state index contributed by atoms with van der Waals surface area (Å²) in [5.74, 6) is 2.08. The third-order valence-corrected chi connectivity index (χ3v) is 6.64. The summed E-state index contributed by atoms with van der Waals surface area (Å²) in [7, 11) is 3.88. The fourth-order valence-corrected chi connectivity index (χ4v) is 4.51. The molecule has 2 heterocycles. The van der Waals surface area contributed by atoms with Crippen LogP contribution in [0.15, 0.2) is 42.7 Å². The number of allylic oxidation sites excluding steroid dienone is 1. The molecule has 2 aromatic carbocycles. The normalized spacial score (nSPS) is 15.4. The molecule has 0 bridgehead atoms. The van der Waals surface area contributed by atoms with Crippen LogP contribution < -0.4 is 9.47 Å². The summed E-state index contributed by atoms with van der Waals surface area (Å²) in [4.78, 5) is 11.6. The van der Waals surface area contributed by atoms with Gasteiger partial charge in [0.25, 0.3) is 0 Å². The zero-order valence-electron chi connectivity index (χ0n) is 20.3. The number of hydrogen-bond donors (Lipinski definition) is 0. The van der Waals surface area contributed by atoms with Crippen molar-refractivity contribution in [2.45, 2.75) is 39.5 Å². The second-order valence-electron chi connectivity index (χ2n) is 8.96. The highest BCUT2D eigenvalue weighted by Gasteiger charge is 2.19. The molecule has 1 aliphatic rings. The van der Waals surface area contributed by atoms with E-state index in [0.717, 1.165) is 54.0 Å². The van der Waals surface area contributed by atoms with E-state index in [0.29, 0.717) is 12.5 Å². The number of hydrogen-bond acceptors (Lipinski definition) is 5. The van der Waals surface area contributed by atoms with Crippen molar-refractivity contribution in [3.8, 4) is 11.5 Å². The van der Waals surface area contributed by atoms with E-state index in [1.165, 1.54) is 29.5 Å². The number of likely N-dealkylation sites (tertiary alicyclic amines) is 1. The third-order valence-electron chi connectivity index (χ3n) is 6.64. The van der Waals surface area contributed by atoms with E-state index in [9.17, 15) is 0 Å². The minimum atomic E-state index is 0.582. The van der Waals surface area contributed by atoms with Crippen LogP contribution in [-0.2, 0) is 12.8 Å². The largest absolute Gasteiger partial charge is 0.493 e. The van der Waals surface area contributed by atoms with Gasteiger partial charge in [-0.2, -0.15) is 0 Å². The Morgan fingerprint density at radius 3 is 2.64 bits per heavy atom. The molecule has 0 unspecified atom stereocenters. The maximum Gasteiger partial charge on any atom is 0.163 e. The summed E-state index contributed by atoms with van der Waals surface area (Å²) in [5.41, 5.74) is 5.72. The van der Waals surface area contributed by atoms with Gasteiger partial charge in [0, 0.05) is 17.9 Å². The van der Waals surface area contributed by atoms with E-state index in [1.54, 1.807) is 13.4 Å². The van der Waals surface area contributed by atoms with Gasteiger partial charge in [-0.1, -0.05) is 37.3 Å². The van der Waals surface area contributed by atoms with Crippen molar-refractivity contribution in [3.63, 3.8) is 0 Å². The van der Waals surface area contributed by atoms with Crippen molar-refractivity contribution >= 4 is 17.0 Å². The summed E-state index contributed by atoms with van der Waals surface area (Å²) in [5, 5.41) is 1.01. The van der Waals surface area contributed by atoms with E-state index in [2.05, 4.69) is 66.1 Å².